The average Bonchev–Trinajstić information content (AvgIpc) is 3.28. The summed E-state index contributed by atoms with van der Waals surface area (Å²) in [5.74, 6) is -3.47. The number of carbonyl (C=O) groups is 2. The molecule has 2 heterocycles. The fourth-order valence-electron chi connectivity index (χ4n) is 2.63. The van der Waals surface area contributed by atoms with Gasteiger partial charge in [0.2, 0.25) is 0 Å². The van der Waals surface area contributed by atoms with Crippen molar-refractivity contribution in [3.05, 3.63) is 52.9 Å². The summed E-state index contributed by atoms with van der Waals surface area (Å²) < 4.78 is 46.1. The first-order valence-corrected chi connectivity index (χ1v) is 9.92. The van der Waals surface area contributed by atoms with E-state index in [0.29, 0.717) is 34.5 Å². The van der Waals surface area contributed by atoms with E-state index in [4.69, 9.17) is 9.90 Å². The Bertz CT molecular complexity index is 1040. The van der Waals surface area contributed by atoms with Crippen LogP contribution in [0.2, 0.25) is 0 Å². The van der Waals surface area contributed by atoms with Gasteiger partial charge in [0.05, 0.1) is 23.7 Å². The van der Waals surface area contributed by atoms with E-state index in [1.807, 2.05) is 20.8 Å². The van der Waals surface area contributed by atoms with Crippen molar-refractivity contribution in [3.63, 3.8) is 0 Å². The molecule has 0 spiro atoms. The molecule has 2 aromatic rings. The molecule has 0 saturated carbocycles. The molecule has 4 N–H and O–H groups in total. The normalized spacial score (nSPS) is 14.7. The van der Waals surface area contributed by atoms with Crippen LogP contribution in [-0.2, 0) is 9.59 Å². The molecule has 1 unspecified atom stereocenters. The molecule has 1 aliphatic heterocycles. The molecule has 0 aliphatic carbocycles. The van der Waals surface area contributed by atoms with Gasteiger partial charge in [0.25, 0.3) is 5.91 Å². The predicted octanol–water partition coefficient (Wildman–Crippen LogP) is 4.79. The number of hydrogen-bond acceptors (Lipinski definition) is 4. The van der Waals surface area contributed by atoms with Gasteiger partial charge in [-0.25, -0.2) is 14.2 Å². The van der Waals surface area contributed by atoms with Gasteiger partial charge in [-0.3, -0.25) is 4.79 Å². The van der Waals surface area contributed by atoms with E-state index in [-0.39, 0.29) is 5.91 Å². The summed E-state index contributed by atoms with van der Waals surface area (Å²) in [6.45, 7) is 7.51. The quantitative estimate of drug-likeness (QED) is 0.378. The van der Waals surface area contributed by atoms with Crippen molar-refractivity contribution in [2.75, 3.05) is 5.32 Å². The third-order valence-electron chi connectivity index (χ3n) is 4.11. The van der Waals surface area contributed by atoms with E-state index in [1.54, 1.807) is 37.5 Å². The van der Waals surface area contributed by atoms with Crippen LogP contribution in [-0.4, -0.2) is 44.3 Å². The largest absolute Gasteiger partial charge is 0.490 e. The highest BCUT2D eigenvalue weighted by Crippen LogP contribution is 2.37. The van der Waals surface area contributed by atoms with E-state index in [0.717, 1.165) is 5.69 Å². The minimum atomic E-state index is -5.08. The molecule has 1 aliphatic rings. The number of halogens is 4. The van der Waals surface area contributed by atoms with Gasteiger partial charge in [0, 0.05) is 22.5 Å². The predicted molar refractivity (Wildman–Crippen MR) is 117 cm³/mol. The lowest BCUT2D eigenvalue weighted by Crippen LogP contribution is -2.21. The maximum absolute atomic E-state index is 14.3. The minimum absolute atomic E-state index is 0.289. The first-order chi connectivity index (χ1) is 15.4. The number of aromatic nitrogens is 2. The summed E-state index contributed by atoms with van der Waals surface area (Å²) in [4.78, 5) is 28.3. The molecular formula is C22H25F4N3O4. The number of imidazole rings is 1. The number of nitrogens with zero attached hydrogens (tertiary/aromatic N) is 1. The molecule has 33 heavy (non-hydrogen) atoms. The second-order valence-electron chi connectivity index (χ2n) is 6.60. The number of carbonyl (C=O) groups excluding carboxylic acids is 1. The number of aliphatic hydroxyl groups excluding tert-OH is 1. The molecular weight excluding hydrogens is 446 g/mol. The molecule has 7 nitrogen and oxygen atoms in total. The summed E-state index contributed by atoms with van der Waals surface area (Å²) in [6, 6.07) is 2.87. The summed E-state index contributed by atoms with van der Waals surface area (Å²) in [6.07, 6.45) is 1.31. The van der Waals surface area contributed by atoms with Gasteiger partial charge in [-0.2, -0.15) is 13.2 Å². The van der Waals surface area contributed by atoms with Crippen LogP contribution in [0, 0.1) is 12.7 Å². The number of H-pyrrole nitrogens is 1. The Balaban J connectivity index is 0.000000520. The van der Waals surface area contributed by atoms with Crippen LogP contribution in [0.4, 0.5) is 23.2 Å². The number of anilines is 1. The van der Waals surface area contributed by atoms with Gasteiger partial charge in [-0.15, -0.1) is 0 Å². The SMILES string of the molecule is CC.Cc1[nH]cnc1/C=C1\C(=O)Nc2ccc(F)c(C=CCC(C)O)c21.O=C(O)C(F)(F)F. The van der Waals surface area contributed by atoms with Crippen LogP contribution in [0.3, 0.4) is 0 Å². The fourth-order valence-corrected chi connectivity index (χ4v) is 2.63. The van der Waals surface area contributed by atoms with Crippen molar-refractivity contribution in [1.29, 1.82) is 0 Å². The van der Waals surface area contributed by atoms with Crippen LogP contribution in [0.15, 0.2) is 24.5 Å². The second-order valence-corrected chi connectivity index (χ2v) is 6.60. The van der Waals surface area contributed by atoms with Crippen molar-refractivity contribution in [2.45, 2.75) is 46.4 Å². The monoisotopic (exact) mass is 471 g/mol. The molecule has 0 radical (unpaired) electrons. The first kappa shape index (κ1) is 27.6. The topological polar surface area (TPSA) is 115 Å². The van der Waals surface area contributed by atoms with Gasteiger partial charge in [0.1, 0.15) is 5.82 Å². The van der Waals surface area contributed by atoms with E-state index in [1.165, 1.54) is 6.07 Å². The zero-order chi connectivity index (χ0) is 25.3. The Hall–Kier alpha value is -3.47. The molecule has 180 valence electrons. The summed E-state index contributed by atoms with van der Waals surface area (Å²) in [5, 5.41) is 19.2. The lowest BCUT2D eigenvalue weighted by molar-refractivity contribution is -0.192. The number of aliphatic carboxylic acids is 1. The maximum Gasteiger partial charge on any atom is 0.490 e. The van der Waals surface area contributed by atoms with Crippen molar-refractivity contribution in [2.24, 2.45) is 0 Å². The number of aryl methyl sites for hydroxylation is 1. The molecule has 0 bridgehead atoms. The Kier molecular flexibility index (Phi) is 9.99. The van der Waals surface area contributed by atoms with Gasteiger partial charge in [-0.05, 0) is 38.5 Å². The Morgan fingerprint density at radius 2 is 1.88 bits per heavy atom. The second kappa shape index (κ2) is 12.0. The summed E-state index contributed by atoms with van der Waals surface area (Å²) in [5.41, 5.74) is 3.24. The maximum atomic E-state index is 14.3. The lowest BCUT2D eigenvalue weighted by Gasteiger charge is -2.06. The van der Waals surface area contributed by atoms with E-state index in [9.17, 15) is 27.5 Å². The van der Waals surface area contributed by atoms with Crippen molar-refractivity contribution >= 4 is 35.3 Å². The van der Waals surface area contributed by atoms with Crippen LogP contribution in [0.1, 0.15) is 49.7 Å². The van der Waals surface area contributed by atoms with Crippen LogP contribution in [0.25, 0.3) is 17.7 Å². The number of amides is 1. The standard InChI is InChI=1S/C18H18FN3O2.C2HF3O2.C2H6/c1-10(23)4-3-5-12-14(19)6-7-15-17(12)13(18(24)22-15)8-16-11(2)20-9-21-16;3-2(4,5)1(6)7;1-2/h3,5-10,23H,4H2,1-2H3,(H,20,21)(H,22,24);(H,6,7);1-2H3/b5-3?,13-8-;;. The molecule has 0 fully saturated rings. The van der Waals surface area contributed by atoms with E-state index in [2.05, 4.69) is 15.3 Å². The Labute approximate surface area is 187 Å². The number of benzene rings is 1. The van der Waals surface area contributed by atoms with Crippen molar-refractivity contribution in [3.8, 4) is 0 Å². The highest BCUT2D eigenvalue weighted by atomic mass is 19.4. The zero-order valence-electron chi connectivity index (χ0n) is 18.4. The van der Waals surface area contributed by atoms with E-state index < -0.39 is 24.1 Å². The average molecular weight is 471 g/mol. The number of aromatic amines is 1. The Morgan fingerprint density at radius 3 is 2.36 bits per heavy atom. The molecule has 1 atom stereocenters. The van der Waals surface area contributed by atoms with Gasteiger partial charge >= 0.3 is 12.1 Å². The number of carboxylic acid groups (broad SMARTS) is 1. The van der Waals surface area contributed by atoms with Crippen molar-refractivity contribution in [1.82, 2.24) is 9.97 Å². The molecule has 0 saturated heterocycles. The number of alkyl halides is 3. The van der Waals surface area contributed by atoms with Crippen LogP contribution < -0.4 is 5.32 Å². The highest BCUT2D eigenvalue weighted by Gasteiger charge is 2.38. The third-order valence-corrected chi connectivity index (χ3v) is 4.11. The highest BCUT2D eigenvalue weighted by molar-refractivity contribution is 6.35. The number of nitrogens with one attached hydrogen (secondary N) is 2. The van der Waals surface area contributed by atoms with Gasteiger partial charge in [0.15, 0.2) is 0 Å². The first-order valence-electron chi connectivity index (χ1n) is 9.92. The van der Waals surface area contributed by atoms with Gasteiger partial charge < -0.3 is 20.5 Å². The van der Waals surface area contributed by atoms with Crippen LogP contribution in [0.5, 0.6) is 0 Å². The molecule has 1 aromatic heterocycles. The number of rotatable bonds is 4. The molecule has 3 rings (SSSR count). The van der Waals surface area contributed by atoms with Gasteiger partial charge in [-0.1, -0.05) is 26.0 Å². The molecule has 1 aromatic carbocycles. The zero-order valence-corrected chi connectivity index (χ0v) is 18.4. The Morgan fingerprint density at radius 1 is 1.27 bits per heavy atom. The van der Waals surface area contributed by atoms with E-state index >= 15 is 0 Å². The summed E-state index contributed by atoms with van der Waals surface area (Å²) >= 11 is 0. The lowest BCUT2D eigenvalue weighted by atomic mass is 9.98. The molecule has 11 heteroatoms. The summed E-state index contributed by atoms with van der Waals surface area (Å²) in [7, 11) is 0. The number of aliphatic hydroxyl groups is 1. The minimum Gasteiger partial charge on any atom is -0.475 e. The number of hydrogen-bond donors (Lipinski definition) is 4. The smallest absolute Gasteiger partial charge is 0.475 e. The molecule has 1 amide bonds. The number of fused-ring (bicyclic) bond motifs is 1. The third kappa shape index (κ3) is 7.56. The van der Waals surface area contributed by atoms with Crippen LogP contribution >= 0.6 is 0 Å². The number of carboxylic acids is 1. The van der Waals surface area contributed by atoms with Crippen molar-refractivity contribution < 1.29 is 37.4 Å². The fraction of sp³-hybridized carbons (Fsp3) is 0.318.